The lowest BCUT2D eigenvalue weighted by Gasteiger charge is -2.19. The number of ether oxygens (including phenoxy) is 1. The minimum absolute atomic E-state index is 0.0176. The lowest BCUT2D eigenvalue weighted by atomic mass is 10.1. The molecule has 0 aromatic heterocycles. The van der Waals surface area contributed by atoms with Gasteiger partial charge in [0.2, 0.25) is 5.12 Å². The minimum Gasteiger partial charge on any atom is -0.456 e. The molecule has 0 fully saturated rings. The first-order valence-electron chi connectivity index (χ1n) is 8.51. The van der Waals surface area contributed by atoms with Crippen molar-refractivity contribution < 1.29 is 19.1 Å². The average molecular weight is 403 g/mol. The smallest absolute Gasteiger partial charge is 0.338 e. The summed E-state index contributed by atoms with van der Waals surface area (Å²) in [5.41, 5.74) is 0.168. The number of hydrogen-bond acceptors (Lipinski definition) is 6. The van der Waals surface area contributed by atoms with Crippen molar-refractivity contribution in [1.29, 1.82) is 0 Å². The zero-order valence-corrected chi connectivity index (χ0v) is 17.2. The van der Waals surface area contributed by atoms with Crippen LogP contribution in [0.15, 0.2) is 59.5 Å². The van der Waals surface area contributed by atoms with Gasteiger partial charge in [-0.25, -0.2) is 4.79 Å². The maximum Gasteiger partial charge on any atom is 0.338 e. The van der Waals surface area contributed by atoms with E-state index in [2.05, 4.69) is 0 Å². The van der Waals surface area contributed by atoms with Gasteiger partial charge in [-0.1, -0.05) is 53.9 Å². The maximum absolute atomic E-state index is 12.3. The number of carbonyl (C=O) groups is 3. The fourth-order valence-corrected chi connectivity index (χ4v) is 3.75. The van der Waals surface area contributed by atoms with Crippen molar-refractivity contribution in [2.75, 3.05) is 5.75 Å². The molecule has 0 aliphatic heterocycles. The third kappa shape index (κ3) is 7.61. The molecule has 0 amide bonds. The van der Waals surface area contributed by atoms with Gasteiger partial charge < -0.3 is 4.74 Å². The van der Waals surface area contributed by atoms with Crippen LogP contribution < -0.4 is 0 Å². The molecule has 0 heterocycles. The molecule has 2 aromatic carbocycles. The Kier molecular flexibility index (Phi) is 7.68. The van der Waals surface area contributed by atoms with E-state index in [-0.39, 0.29) is 10.2 Å². The summed E-state index contributed by atoms with van der Waals surface area (Å²) >= 11 is 2.25. The molecule has 0 spiro atoms. The van der Waals surface area contributed by atoms with Crippen LogP contribution in [0.3, 0.4) is 0 Å². The molecule has 6 heteroatoms. The van der Waals surface area contributed by atoms with Crippen molar-refractivity contribution in [2.45, 2.75) is 37.7 Å². The van der Waals surface area contributed by atoms with Crippen LogP contribution in [0, 0.1) is 0 Å². The van der Waals surface area contributed by atoms with Crippen LogP contribution in [0.1, 0.15) is 47.9 Å². The Balaban J connectivity index is 1.86. The summed E-state index contributed by atoms with van der Waals surface area (Å²) in [5, 5.41) is -0.151. The first-order chi connectivity index (χ1) is 12.7. The molecule has 0 atom stereocenters. The first-order valence-corrected chi connectivity index (χ1v) is 10.3. The van der Waals surface area contributed by atoms with Gasteiger partial charge >= 0.3 is 5.97 Å². The molecular weight excluding hydrogens is 380 g/mol. The predicted molar refractivity (Wildman–Crippen MR) is 110 cm³/mol. The highest BCUT2D eigenvalue weighted by atomic mass is 32.2. The third-order valence-corrected chi connectivity index (χ3v) is 5.09. The Morgan fingerprint density at radius 3 is 2.26 bits per heavy atom. The van der Waals surface area contributed by atoms with Gasteiger partial charge in [0.25, 0.3) is 0 Å². The summed E-state index contributed by atoms with van der Waals surface area (Å²) in [5.74, 6) is -0.0645. The topological polar surface area (TPSA) is 60.4 Å². The fourth-order valence-electron chi connectivity index (χ4n) is 2.09. The van der Waals surface area contributed by atoms with Crippen LogP contribution in [0.2, 0.25) is 0 Å². The van der Waals surface area contributed by atoms with Gasteiger partial charge in [-0.2, -0.15) is 0 Å². The highest BCUT2D eigenvalue weighted by Crippen LogP contribution is 2.22. The number of carbonyl (C=O) groups excluding carboxylic acids is 3. The molecule has 4 nitrogen and oxygen atoms in total. The van der Waals surface area contributed by atoms with Crippen LogP contribution in [-0.4, -0.2) is 27.6 Å². The van der Waals surface area contributed by atoms with Crippen molar-refractivity contribution in [1.82, 2.24) is 0 Å². The molecule has 2 rings (SSSR count). The van der Waals surface area contributed by atoms with E-state index in [0.717, 1.165) is 16.7 Å². The fraction of sp³-hybridized carbons (Fsp3) is 0.286. The second kappa shape index (κ2) is 9.76. The molecule has 0 radical (unpaired) electrons. The number of thioether (sulfide) groups is 2. The van der Waals surface area contributed by atoms with E-state index in [1.165, 1.54) is 17.8 Å². The van der Waals surface area contributed by atoms with E-state index in [9.17, 15) is 14.4 Å². The Labute approximate surface area is 168 Å². The lowest BCUT2D eigenvalue weighted by molar-refractivity contribution is -0.110. The van der Waals surface area contributed by atoms with Gasteiger partial charge in [-0.3, -0.25) is 9.59 Å². The van der Waals surface area contributed by atoms with E-state index in [1.807, 2.05) is 30.3 Å². The second-order valence-corrected chi connectivity index (χ2v) is 8.95. The summed E-state index contributed by atoms with van der Waals surface area (Å²) < 4.78 is 5.32. The quantitative estimate of drug-likeness (QED) is 0.487. The molecule has 27 heavy (non-hydrogen) atoms. The van der Waals surface area contributed by atoms with E-state index in [1.54, 1.807) is 39.0 Å². The molecule has 0 unspecified atom stereocenters. The van der Waals surface area contributed by atoms with Gasteiger partial charge in [0.1, 0.15) is 5.60 Å². The van der Waals surface area contributed by atoms with Crippen LogP contribution in [0.5, 0.6) is 0 Å². The summed E-state index contributed by atoms with van der Waals surface area (Å²) in [6.07, 6.45) is 0.293. The highest BCUT2D eigenvalue weighted by Gasteiger charge is 2.19. The Morgan fingerprint density at radius 1 is 0.926 bits per heavy atom. The Bertz CT molecular complexity index is 810. The number of esters is 1. The number of hydrogen-bond donors (Lipinski definition) is 0. The SMILES string of the molecule is CC(C)(C)OC(=O)c1cccc(C(=O)SCCC(=O)Sc2ccccc2)c1. The number of rotatable bonds is 6. The summed E-state index contributed by atoms with van der Waals surface area (Å²) in [6, 6.07) is 15.9. The highest BCUT2D eigenvalue weighted by molar-refractivity contribution is 8.15. The van der Waals surface area contributed by atoms with Gasteiger partial charge in [0, 0.05) is 22.6 Å². The van der Waals surface area contributed by atoms with E-state index >= 15 is 0 Å². The molecule has 2 aromatic rings. The minimum atomic E-state index is -0.595. The lowest BCUT2D eigenvalue weighted by Crippen LogP contribution is -2.24. The second-order valence-electron chi connectivity index (χ2n) is 6.76. The summed E-state index contributed by atoms with van der Waals surface area (Å²) in [6.45, 7) is 5.38. The van der Waals surface area contributed by atoms with Crippen molar-refractivity contribution in [3.8, 4) is 0 Å². The third-order valence-electron chi connectivity index (χ3n) is 3.25. The molecular formula is C21H22O4S2. The molecule has 0 aliphatic carbocycles. The van der Waals surface area contributed by atoms with Crippen LogP contribution in [0.4, 0.5) is 0 Å². The molecule has 0 saturated carbocycles. The van der Waals surface area contributed by atoms with Crippen molar-refractivity contribution in [3.05, 3.63) is 65.7 Å². The normalized spacial score (nSPS) is 11.1. The van der Waals surface area contributed by atoms with E-state index in [4.69, 9.17) is 4.74 Å². The molecule has 0 N–H and O–H groups in total. The average Bonchev–Trinajstić information content (AvgIpc) is 2.61. The predicted octanol–water partition coefficient (Wildman–Crippen LogP) is 5.22. The molecule has 0 aliphatic rings. The Hall–Kier alpha value is -2.05. The first kappa shape index (κ1) is 21.3. The standard InChI is InChI=1S/C21H22O4S2/c1-21(2,3)25-19(23)15-8-7-9-16(14-15)20(24)26-13-12-18(22)27-17-10-5-4-6-11-17/h4-11,14H,12-13H2,1-3H3. The molecule has 0 saturated heterocycles. The van der Waals surface area contributed by atoms with Crippen LogP contribution >= 0.6 is 23.5 Å². The zero-order chi connectivity index (χ0) is 19.9. The maximum atomic E-state index is 12.3. The monoisotopic (exact) mass is 402 g/mol. The van der Waals surface area contributed by atoms with Gasteiger partial charge in [0.05, 0.1) is 5.56 Å². The van der Waals surface area contributed by atoms with Gasteiger partial charge in [0.15, 0.2) is 5.12 Å². The van der Waals surface area contributed by atoms with Crippen LogP contribution in [0.25, 0.3) is 0 Å². The number of benzene rings is 2. The summed E-state index contributed by atoms with van der Waals surface area (Å²) in [4.78, 5) is 37.3. The van der Waals surface area contributed by atoms with E-state index in [0.29, 0.717) is 23.3 Å². The van der Waals surface area contributed by atoms with Crippen molar-refractivity contribution in [2.24, 2.45) is 0 Å². The zero-order valence-electron chi connectivity index (χ0n) is 15.6. The van der Waals surface area contributed by atoms with Crippen molar-refractivity contribution >= 4 is 39.7 Å². The Morgan fingerprint density at radius 2 is 1.59 bits per heavy atom. The summed E-state index contributed by atoms with van der Waals surface area (Å²) in [7, 11) is 0. The van der Waals surface area contributed by atoms with Crippen LogP contribution in [-0.2, 0) is 9.53 Å². The van der Waals surface area contributed by atoms with Gasteiger partial charge in [-0.05, 0) is 45.0 Å². The molecule has 0 bridgehead atoms. The molecule has 142 valence electrons. The van der Waals surface area contributed by atoms with Crippen molar-refractivity contribution in [3.63, 3.8) is 0 Å². The largest absolute Gasteiger partial charge is 0.456 e. The van der Waals surface area contributed by atoms with Gasteiger partial charge in [-0.15, -0.1) is 0 Å². The van der Waals surface area contributed by atoms with E-state index < -0.39 is 11.6 Å².